The Labute approximate surface area is 111 Å². The number of nitrogens with one attached hydrogen (secondary N) is 1. The lowest BCUT2D eigenvalue weighted by molar-refractivity contribution is -0.122. The van der Waals surface area contributed by atoms with Gasteiger partial charge in [-0.3, -0.25) is 4.79 Å². The van der Waals surface area contributed by atoms with Gasteiger partial charge in [-0.15, -0.1) is 0 Å². The molecule has 1 unspecified atom stereocenters. The number of amides is 1. The fraction of sp³-hybridized carbons (Fsp3) is 0.867. The average Bonchev–Trinajstić information content (AvgIpc) is 2.36. The highest BCUT2D eigenvalue weighted by molar-refractivity contribution is 5.76. The minimum atomic E-state index is -0.0793. The molecule has 3 nitrogen and oxygen atoms in total. The molecule has 1 aliphatic carbocycles. The van der Waals surface area contributed by atoms with Crippen molar-refractivity contribution in [2.24, 2.45) is 17.8 Å². The summed E-state index contributed by atoms with van der Waals surface area (Å²) < 4.78 is 0. The Morgan fingerprint density at radius 1 is 1.33 bits per heavy atom. The summed E-state index contributed by atoms with van der Waals surface area (Å²) in [6, 6.07) is 2.34. The first kappa shape index (κ1) is 15.0. The van der Waals surface area contributed by atoms with Gasteiger partial charge in [0, 0.05) is 13.0 Å². The second-order valence-corrected chi connectivity index (χ2v) is 5.87. The lowest BCUT2D eigenvalue weighted by Gasteiger charge is -2.25. The van der Waals surface area contributed by atoms with E-state index in [-0.39, 0.29) is 11.8 Å². The Hall–Kier alpha value is -1.04. The van der Waals surface area contributed by atoms with E-state index in [9.17, 15) is 10.1 Å². The van der Waals surface area contributed by atoms with Crippen molar-refractivity contribution in [3.05, 3.63) is 0 Å². The third-order valence-corrected chi connectivity index (χ3v) is 3.83. The second-order valence-electron chi connectivity index (χ2n) is 5.87. The van der Waals surface area contributed by atoms with Gasteiger partial charge in [0.15, 0.2) is 0 Å². The molecule has 1 atom stereocenters. The van der Waals surface area contributed by atoms with Crippen LogP contribution in [0.3, 0.4) is 0 Å². The largest absolute Gasteiger partial charge is 0.356 e. The van der Waals surface area contributed by atoms with E-state index in [1.54, 1.807) is 0 Å². The van der Waals surface area contributed by atoms with Gasteiger partial charge >= 0.3 is 0 Å². The molecule has 18 heavy (non-hydrogen) atoms. The summed E-state index contributed by atoms with van der Waals surface area (Å²) in [7, 11) is 0. The van der Waals surface area contributed by atoms with E-state index in [0.717, 1.165) is 25.8 Å². The van der Waals surface area contributed by atoms with Gasteiger partial charge in [-0.25, -0.2) is 0 Å². The quantitative estimate of drug-likeness (QED) is 0.786. The van der Waals surface area contributed by atoms with Crippen molar-refractivity contribution in [3.8, 4) is 6.07 Å². The Bertz CT molecular complexity index is 287. The molecular formula is C15H26N2O. The van der Waals surface area contributed by atoms with Crippen LogP contribution in [0.1, 0.15) is 58.8 Å². The maximum Gasteiger partial charge on any atom is 0.221 e. The summed E-state index contributed by atoms with van der Waals surface area (Å²) in [6.45, 7) is 5.03. The number of hydrogen-bond donors (Lipinski definition) is 1. The third kappa shape index (κ3) is 5.53. The predicted octanol–water partition coefficient (Wildman–Crippen LogP) is 3.26. The molecule has 0 spiro atoms. The van der Waals surface area contributed by atoms with E-state index in [0.29, 0.717) is 18.3 Å². The Balaban J connectivity index is 2.29. The minimum absolute atomic E-state index is 0.0489. The van der Waals surface area contributed by atoms with Crippen molar-refractivity contribution in [1.82, 2.24) is 5.32 Å². The molecule has 0 aromatic carbocycles. The van der Waals surface area contributed by atoms with Gasteiger partial charge in [0.05, 0.1) is 12.0 Å². The van der Waals surface area contributed by atoms with Crippen LogP contribution in [-0.2, 0) is 4.79 Å². The van der Waals surface area contributed by atoms with E-state index in [1.807, 2.05) is 0 Å². The molecule has 1 aliphatic rings. The molecule has 1 rings (SSSR count). The van der Waals surface area contributed by atoms with E-state index >= 15 is 0 Å². The van der Waals surface area contributed by atoms with Crippen molar-refractivity contribution < 1.29 is 4.79 Å². The number of rotatable bonds is 6. The van der Waals surface area contributed by atoms with Crippen molar-refractivity contribution in [2.45, 2.75) is 58.8 Å². The molecule has 1 N–H and O–H groups in total. The Morgan fingerprint density at radius 3 is 2.56 bits per heavy atom. The van der Waals surface area contributed by atoms with Crippen LogP contribution in [0.25, 0.3) is 0 Å². The van der Waals surface area contributed by atoms with Gasteiger partial charge in [0.25, 0.3) is 0 Å². The van der Waals surface area contributed by atoms with E-state index in [1.165, 1.54) is 19.3 Å². The van der Waals surface area contributed by atoms with Crippen LogP contribution in [0.4, 0.5) is 0 Å². The monoisotopic (exact) mass is 250 g/mol. The van der Waals surface area contributed by atoms with E-state index in [4.69, 9.17) is 0 Å². The first-order valence-corrected chi connectivity index (χ1v) is 7.29. The SMILES string of the molecule is CC(C)CCNC(=O)CC(C#N)C1CCCCC1. The predicted molar refractivity (Wildman–Crippen MR) is 72.8 cm³/mol. The molecular weight excluding hydrogens is 224 g/mol. The van der Waals surface area contributed by atoms with Crippen LogP contribution >= 0.6 is 0 Å². The summed E-state index contributed by atoms with van der Waals surface area (Å²) in [4.78, 5) is 11.8. The summed E-state index contributed by atoms with van der Waals surface area (Å²) in [5.41, 5.74) is 0. The highest BCUT2D eigenvalue weighted by Gasteiger charge is 2.25. The number of nitrogens with zero attached hydrogens (tertiary/aromatic N) is 1. The molecule has 1 fully saturated rings. The average molecular weight is 250 g/mol. The molecule has 1 saturated carbocycles. The zero-order valence-electron chi connectivity index (χ0n) is 11.7. The maximum atomic E-state index is 11.8. The molecule has 0 aromatic rings. The fourth-order valence-electron chi connectivity index (χ4n) is 2.63. The highest BCUT2D eigenvalue weighted by atomic mass is 16.1. The molecule has 0 aliphatic heterocycles. The molecule has 102 valence electrons. The normalized spacial score (nSPS) is 18.3. The Kier molecular flexibility index (Phi) is 6.78. The molecule has 0 saturated heterocycles. The van der Waals surface area contributed by atoms with Crippen LogP contribution in [0.15, 0.2) is 0 Å². The summed E-state index contributed by atoms with van der Waals surface area (Å²) in [6.07, 6.45) is 7.37. The summed E-state index contributed by atoms with van der Waals surface area (Å²) in [5.74, 6) is 1.02. The zero-order valence-corrected chi connectivity index (χ0v) is 11.7. The van der Waals surface area contributed by atoms with Crippen LogP contribution in [0, 0.1) is 29.1 Å². The number of nitriles is 1. The van der Waals surface area contributed by atoms with Crippen LogP contribution in [0.2, 0.25) is 0 Å². The van der Waals surface area contributed by atoms with Crippen molar-refractivity contribution >= 4 is 5.91 Å². The standard InChI is InChI=1S/C15H26N2O/c1-12(2)8-9-17-15(18)10-14(11-16)13-6-4-3-5-7-13/h12-14H,3-10H2,1-2H3,(H,17,18). The first-order chi connectivity index (χ1) is 8.63. The van der Waals surface area contributed by atoms with Crippen molar-refractivity contribution in [3.63, 3.8) is 0 Å². The van der Waals surface area contributed by atoms with Crippen molar-refractivity contribution in [1.29, 1.82) is 5.26 Å². The molecule has 0 radical (unpaired) electrons. The van der Waals surface area contributed by atoms with Gasteiger partial charge in [0.1, 0.15) is 0 Å². The highest BCUT2D eigenvalue weighted by Crippen LogP contribution is 2.31. The molecule has 3 heteroatoms. The fourth-order valence-corrected chi connectivity index (χ4v) is 2.63. The minimum Gasteiger partial charge on any atom is -0.356 e. The lowest BCUT2D eigenvalue weighted by Crippen LogP contribution is -2.29. The van der Waals surface area contributed by atoms with Crippen molar-refractivity contribution in [2.75, 3.05) is 6.54 Å². The second kappa shape index (κ2) is 8.13. The number of hydrogen-bond acceptors (Lipinski definition) is 2. The first-order valence-electron chi connectivity index (χ1n) is 7.29. The lowest BCUT2D eigenvalue weighted by atomic mass is 9.79. The number of carbonyl (C=O) groups is 1. The van der Waals surface area contributed by atoms with Gasteiger partial charge < -0.3 is 5.32 Å². The molecule has 0 heterocycles. The van der Waals surface area contributed by atoms with Crippen LogP contribution in [-0.4, -0.2) is 12.5 Å². The van der Waals surface area contributed by atoms with Gasteiger partial charge in [-0.05, 0) is 31.1 Å². The van der Waals surface area contributed by atoms with Gasteiger partial charge in [-0.2, -0.15) is 5.26 Å². The van der Waals surface area contributed by atoms with E-state index < -0.39 is 0 Å². The molecule has 0 bridgehead atoms. The van der Waals surface area contributed by atoms with Crippen LogP contribution < -0.4 is 5.32 Å². The topological polar surface area (TPSA) is 52.9 Å². The number of carbonyl (C=O) groups excluding carboxylic acids is 1. The van der Waals surface area contributed by atoms with Gasteiger partial charge in [-0.1, -0.05) is 33.1 Å². The van der Waals surface area contributed by atoms with E-state index in [2.05, 4.69) is 25.2 Å². The smallest absolute Gasteiger partial charge is 0.221 e. The molecule has 1 amide bonds. The maximum absolute atomic E-state index is 11.8. The van der Waals surface area contributed by atoms with Crippen LogP contribution in [0.5, 0.6) is 0 Å². The third-order valence-electron chi connectivity index (χ3n) is 3.83. The molecule has 0 aromatic heterocycles. The summed E-state index contributed by atoms with van der Waals surface area (Å²) >= 11 is 0. The Morgan fingerprint density at radius 2 is 2.00 bits per heavy atom. The zero-order chi connectivity index (χ0) is 13.4. The van der Waals surface area contributed by atoms with Gasteiger partial charge in [0.2, 0.25) is 5.91 Å². The summed E-state index contributed by atoms with van der Waals surface area (Å²) in [5, 5.41) is 12.1.